The quantitative estimate of drug-likeness (QED) is 0.345. The fraction of sp³-hybridized carbons (Fsp3) is 0.238. The SMILES string of the molecule is CCOc1ccc(NC(=O)CSc2nnc(NC(=O)c3ccccc3OCC)s2)cc1. The molecule has 0 bridgehead atoms. The van der Waals surface area contributed by atoms with E-state index in [-0.39, 0.29) is 17.6 Å². The molecule has 0 radical (unpaired) electrons. The van der Waals surface area contributed by atoms with Crippen molar-refractivity contribution in [1.82, 2.24) is 10.2 Å². The predicted molar refractivity (Wildman–Crippen MR) is 122 cm³/mol. The van der Waals surface area contributed by atoms with Gasteiger partial charge in [-0.15, -0.1) is 10.2 Å². The van der Waals surface area contributed by atoms with Crippen molar-refractivity contribution in [2.75, 3.05) is 29.6 Å². The molecule has 0 fully saturated rings. The van der Waals surface area contributed by atoms with Crippen LogP contribution in [0, 0.1) is 0 Å². The van der Waals surface area contributed by atoms with E-state index in [4.69, 9.17) is 9.47 Å². The van der Waals surface area contributed by atoms with Gasteiger partial charge in [0.05, 0.1) is 24.5 Å². The number of amides is 2. The van der Waals surface area contributed by atoms with Gasteiger partial charge in [-0.25, -0.2) is 0 Å². The van der Waals surface area contributed by atoms with E-state index in [1.807, 2.05) is 13.8 Å². The molecule has 31 heavy (non-hydrogen) atoms. The van der Waals surface area contributed by atoms with Gasteiger partial charge in [0.15, 0.2) is 4.34 Å². The fourth-order valence-electron chi connectivity index (χ4n) is 2.54. The third-order valence-electron chi connectivity index (χ3n) is 3.83. The average molecular weight is 459 g/mol. The van der Waals surface area contributed by atoms with E-state index in [1.54, 1.807) is 48.5 Å². The van der Waals surface area contributed by atoms with Crippen molar-refractivity contribution >= 4 is 45.7 Å². The Bertz CT molecular complexity index is 1020. The van der Waals surface area contributed by atoms with Crippen molar-refractivity contribution in [3.05, 3.63) is 54.1 Å². The molecule has 10 heteroatoms. The molecule has 1 heterocycles. The van der Waals surface area contributed by atoms with E-state index < -0.39 is 0 Å². The first-order valence-corrected chi connectivity index (χ1v) is 11.4. The van der Waals surface area contributed by atoms with Crippen LogP contribution in [0.3, 0.4) is 0 Å². The molecule has 3 rings (SSSR count). The van der Waals surface area contributed by atoms with Crippen LogP contribution in [0.4, 0.5) is 10.8 Å². The maximum absolute atomic E-state index is 12.5. The summed E-state index contributed by atoms with van der Waals surface area (Å²) in [7, 11) is 0. The lowest BCUT2D eigenvalue weighted by Gasteiger charge is -2.08. The van der Waals surface area contributed by atoms with Gasteiger partial charge in [-0.2, -0.15) is 0 Å². The van der Waals surface area contributed by atoms with Gasteiger partial charge in [-0.3, -0.25) is 14.9 Å². The van der Waals surface area contributed by atoms with Crippen molar-refractivity contribution in [3.8, 4) is 11.5 Å². The number of carbonyl (C=O) groups is 2. The number of hydrogen-bond donors (Lipinski definition) is 2. The van der Waals surface area contributed by atoms with Gasteiger partial charge in [0.1, 0.15) is 11.5 Å². The molecule has 0 aliphatic carbocycles. The number of rotatable bonds is 10. The summed E-state index contributed by atoms with van der Waals surface area (Å²) >= 11 is 2.45. The highest BCUT2D eigenvalue weighted by atomic mass is 32.2. The number of carbonyl (C=O) groups excluding carboxylic acids is 2. The minimum atomic E-state index is -0.329. The molecule has 2 N–H and O–H groups in total. The molecule has 0 saturated heterocycles. The zero-order chi connectivity index (χ0) is 22.1. The minimum absolute atomic E-state index is 0.166. The normalized spacial score (nSPS) is 10.4. The van der Waals surface area contributed by atoms with E-state index in [1.165, 1.54) is 23.1 Å². The van der Waals surface area contributed by atoms with Gasteiger partial charge in [-0.1, -0.05) is 35.2 Å². The summed E-state index contributed by atoms with van der Waals surface area (Å²) in [6, 6.07) is 14.2. The standard InChI is InChI=1S/C21H22N4O4S2/c1-3-28-15-11-9-14(10-12-15)22-18(26)13-30-21-25-24-20(31-21)23-19(27)16-7-5-6-8-17(16)29-4-2/h5-12H,3-4,13H2,1-2H3,(H,22,26)(H,23,24,27). The van der Waals surface area contributed by atoms with Gasteiger partial charge in [0.25, 0.3) is 5.91 Å². The summed E-state index contributed by atoms with van der Waals surface area (Å²) < 4.78 is 11.4. The highest BCUT2D eigenvalue weighted by molar-refractivity contribution is 8.01. The van der Waals surface area contributed by atoms with Crippen molar-refractivity contribution in [2.24, 2.45) is 0 Å². The highest BCUT2D eigenvalue weighted by Crippen LogP contribution is 2.27. The van der Waals surface area contributed by atoms with E-state index in [0.717, 1.165) is 5.75 Å². The van der Waals surface area contributed by atoms with Crippen molar-refractivity contribution in [2.45, 2.75) is 18.2 Å². The largest absolute Gasteiger partial charge is 0.494 e. The average Bonchev–Trinajstić information content (AvgIpc) is 3.22. The van der Waals surface area contributed by atoms with Crippen LogP contribution < -0.4 is 20.1 Å². The molecule has 3 aromatic rings. The molecule has 2 amide bonds. The van der Waals surface area contributed by atoms with Gasteiger partial charge >= 0.3 is 0 Å². The zero-order valence-corrected chi connectivity index (χ0v) is 18.7. The second kappa shape index (κ2) is 11.3. The van der Waals surface area contributed by atoms with Gasteiger partial charge in [0, 0.05) is 5.69 Å². The number of nitrogens with zero attached hydrogens (tertiary/aromatic N) is 2. The lowest BCUT2D eigenvalue weighted by Crippen LogP contribution is -2.13. The van der Waals surface area contributed by atoms with Crippen LogP contribution in [0.25, 0.3) is 0 Å². The van der Waals surface area contributed by atoms with E-state index >= 15 is 0 Å². The molecule has 0 aliphatic heterocycles. The Balaban J connectivity index is 1.50. The third kappa shape index (κ3) is 6.69. The van der Waals surface area contributed by atoms with Crippen LogP contribution in [-0.4, -0.2) is 41.0 Å². The van der Waals surface area contributed by atoms with Gasteiger partial charge in [0.2, 0.25) is 11.0 Å². The summed E-state index contributed by atoms with van der Waals surface area (Å²) in [5.74, 6) is 0.934. The van der Waals surface area contributed by atoms with E-state index in [0.29, 0.717) is 39.7 Å². The summed E-state index contributed by atoms with van der Waals surface area (Å²) in [6.07, 6.45) is 0. The molecule has 0 spiro atoms. The fourth-order valence-corrected chi connectivity index (χ4v) is 4.09. The Hall–Kier alpha value is -3.11. The first-order chi connectivity index (χ1) is 15.1. The van der Waals surface area contributed by atoms with Crippen LogP contribution >= 0.6 is 23.1 Å². The summed E-state index contributed by atoms with van der Waals surface area (Å²) in [5, 5.41) is 13.9. The molecule has 1 aromatic heterocycles. The van der Waals surface area contributed by atoms with Gasteiger partial charge < -0.3 is 14.8 Å². The third-order valence-corrected chi connectivity index (χ3v) is 5.81. The second-order valence-electron chi connectivity index (χ2n) is 6.05. The first kappa shape index (κ1) is 22.6. The maximum atomic E-state index is 12.5. The predicted octanol–water partition coefficient (Wildman–Crippen LogP) is 4.32. The smallest absolute Gasteiger partial charge is 0.261 e. The number of hydrogen-bond acceptors (Lipinski definition) is 8. The van der Waals surface area contributed by atoms with E-state index in [9.17, 15) is 9.59 Å². The van der Waals surface area contributed by atoms with Crippen molar-refractivity contribution in [1.29, 1.82) is 0 Å². The number of aromatic nitrogens is 2. The lowest BCUT2D eigenvalue weighted by molar-refractivity contribution is -0.113. The summed E-state index contributed by atoms with van der Waals surface area (Å²) in [5.41, 5.74) is 1.11. The van der Waals surface area contributed by atoms with Crippen LogP contribution in [0.2, 0.25) is 0 Å². The molecule has 0 atom stereocenters. The molecule has 0 aliphatic rings. The first-order valence-electron chi connectivity index (χ1n) is 9.61. The number of para-hydroxylation sites is 1. The summed E-state index contributed by atoms with van der Waals surface area (Å²) in [4.78, 5) is 24.7. The topological polar surface area (TPSA) is 102 Å². The molecule has 8 nitrogen and oxygen atoms in total. The molecular weight excluding hydrogens is 436 g/mol. The Morgan fingerprint density at radius 3 is 2.45 bits per heavy atom. The number of thioether (sulfide) groups is 1. The number of ether oxygens (including phenoxy) is 2. The molecule has 0 unspecified atom stereocenters. The van der Waals surface area contributed by atoms with Crippen LogP contribution in [0.5, 0.6) is 11.5 Å². The zero-order valence-electron chi connectivity index (χ0n) is 17.1. The molecule has 162 valence electrons. The maximum Gasteiger partial charge on any atom is 0.261 e. The van der Waals surface area contributed by atoms with Crippen molar-refractivity contribution in [3.63, 3.8) is 0 Å². The highest BCUT2D eigenvalue weighted by Gasteiger charge is 2.15. The Kier molecular flexibility index (Phi) is 8.25. The molecular formula is C21H22N4O4S2. The number of nitrogens with one attached hydrogen (secondary N) is 2. The minimum Gasteiger partial charge on any atom is -0.494 e. The molecule has 0 saturated carbocycles. The Morgan fingerprint density at radius 1 is 0.968 bits per heavy atom. The van der Waals surface area contributed by atoms with E-state index in [2.05, 4.69) is 20.8 Å². The monoisotopic (exact) mass is 458 g/mol. The van der Waals surface area contributed by atoms with Crippen molar-refractivity contribution < 1.29 is 19.1 Å². The molecule has 2 aromatic carbocycles. The Morgan fingerprint density at radius 2 is 1.71 bits per heavy atom. The summed E-state index contributed by atoms with van der Waals surface area (Å²) in [6.45, 7) is 4.82. The Labute approximate surface area is 188 Å². The lowest BCUT2D eigenvalue weighted by atomic mass is 10.2. The van der Waals surface area contributed by atoms with Crippen LogP contribution in [0.15, 0.2) is 52.9 Å². The van der Waals surface area contributed by atoms with Crippen LogP contribution in [-0.2, 0) is 4.79 Å². The van der Waals surface area contributed by atoms with Crippen LogP contribution in [0.1, 0.15) is 24.2 Å². The van der Waals surface area contributed by atoms with Gasteiger partial charge in [-0.05, 0) is 50.2 Å². The number of benzene rings is 2. The number of anilines is 2. The second-order valence-corrected chi connectivity index (χ2v) is 8.25.